The van der Waals surface area contributed by atoms with Gasteiger partial charge >= 0.3 is 6.03 Å². The minimum absolute atomic E-state index is 0.00132. The summed E-state index contributed by atoms with van der Waals surface area (Å²) in [4.78, 5) is 19.9. The molecule has 1 saturated heterocycles. The molecule has 1 aromatic heterocycles. The summed E-state index contributed by atoms with van der Waals surface area (Å²) >= 11 is 1.78. The summed E-state index contributed by atoms with van der Waals surface area (Å²) in [6.45, 7) is 1.61. The normalized spacial score (nSPS) is 19.8. The molecule has 1 fully saturated rings. The van der Waals surface area contributed by atoms with Gasteiger partial charge in [-0.1, -0.05) is 6.07 Å². The maximum absolute atomic E-state index is 12.2. The van der Waals surface area contributed by atoms with Crippen molar-refractivity contribution in [2.45, 2.75) is 23.5 Å². The molecule has 3 rings (SSSR count). The van der Waals surface area contributed by atoms with Crippen molar-refractivity contribution in [1.82, 2.24) is 15.2 Å². The zero-order valence-corrected chi connectivity index (χ0v) is 16.5. The van der Waals surface area contributed by atoms with Crippen LogP contribution in [0, 0.1) is 0 Å². The van der Waals surface area contributed by atoms with Crippen molar-refractivity contribution < 1.29 is 9.53 Å². The first-order valence-corrected chi connectivity index (χ1v) is 10.0. The van der Waals surface area contributed by atoms with E-state index in [4.69, 9.17) is 4.74 Å². The van der Waals surface area contributed by atoms with Crippen LogP contribution in [0.25, 0.3) is 0 Å². The molecule has 2 aromatic rings. The van der Waals surface area contributed by atoms with Crippen molar-refractivity contribution in [1.29, 1.82) is 0 Å². The number of hydrogen-bond acceptors (Lipinski definition) is 5. The summed E-state index contributed by atoms with van der Waals surface area (Å²) in [6, 6.07) is 13.7. The molecule has 1 aliphatic rings. The van der Waals surface area contributed by atoms with E-state index in [1.807, 2.05) is 55.7 Å². The Labute approximate surface area is 164 Å². The Bertz CT molecular complexity index is 727. The van der Waals surface area contributed by atoms with Gasteiger partial charge in [0.25, 0.3) is 0 Å². The third kappa shape index (κ3) is 5.95. The number of nitrogens with one attached hydrogen (secondary N) is 2. The van der Waals surface area contributed by atoms with E-state index in [0.717, 1.165) is 36.6 Å². The predicted octanol–water partition coefficient (Wildman–Crippen LogP) is 2.87. The van der Waals surface area contributed by atoms with Crippen LogP contribution in [0.3, 0.4) is 0 Å². The number of hydrogen-bond donors (Lipinski definition) is 2. The number of rotatable bonds is 7. The predicted molar refractivity (Wildman–Crippen MR) is 109 cm³/mol. The maximum Gasteiger partial charge on any atom is 0.319 e. The molecule has 1 aromatic carbocycles. The molecule has 2 amide bonds. The van der Waals surface area contributed by atoms with E-state index in [1.165, 1.54) is 4.90 Å². The highest BCUT2D eigenvalue weighted by Gasteiger charge is 2.31. The molecule has 27 heavy (non-hydrogen) atoms. The zero-order chi connectivity index (χ0) is 19.1. The number of aryl methyl sites for hydroxylation is 1. The van der Waals surface area contributed by atoms with Crippen molar-refractivity contribution in [3.8, 4) is 0 Å². The summed E-state index contributed by atoms with van der Waals surface area (Å²) in [5, 5.41) is 5.89. The second kappa shape index (κ2) is 9.73. The third-order valence-corrected chi connectivity index (χ3v) is 5.55. The van der Waals surface area contributed by atoms with E-state index >= 15 is 0 Å². The van der Waals surface area contributed by atoms with Crippen LogP contribution in [0.5, 0.6) is 0 Å². The molecule has 2 heterocycles. The average Bonchev–Trinajstić information content (AvgIpc) is 3.03. The van der Waals surface area contributed by atoms with Gasteiger partial charge in [0, 0.05) is 48.4 Å². The van der Waals surface area contributed by atoms with Gasteiger partial charge in [-0.05, 0) is 49.9 Å². The number of nitrogens with zero attached hydrogens (tertiary/aromatic N) is 2. The van der Waals surface area contributed by atoms with Crippen LogP contribution >= 0.6 is 11.8 Å². The summed E-state index contributed by atoms with van der Waals surface area (Å²) in [5.74, 6) is 0.970. The molecule has 0 bridgehead atoms. The number of likely N-dealkylation sites (tertiary alicyclic amines) is 1. The number of methoxy groups -OCH3 is 1. The van der Waals surface area contributed by atoms with Gasteiger partial charge < -0.3 is 20.3 Å². The molecular formula is C20H26N4O2S. The molecular weight excluding hydrogens is 360 g/mol. The SMILES string of the molecule is CO[C@@H]1CN(C)C[C@H]1NC(=O)Nc1ccc(SCCc2ccccn2)cc1. The first-order valence-electron chi connectivity index (χ1n) is 9.05. The van der Waals surface area contributed by atoms with E-state index in [0.29, 0.717) is 0 Å². The molecule has 6 nitrogen and oxygen atoms in total. The van der Waals surface area contributed by atoms with Gasteiger partial charge in [-0.15, -0.1) is 11.8 Å². The molecule has 0 aliphatic carbocycles. The Balaban J connectivity index is 1.44. The van der Waals surface area contributed by atoms with Crippen LogP contribution in [-0.4, -0.2) is 61.1 Å². The first-order chi connectivity index (χ1) is 13.1. The van der Waals surface area contributed by atoms with Crippen LogP contribution < -0.4 is 10.6 Å². The molecule has 0 spiro atoms. The van der Waals surface area contributed by atoms with Gasteiger partial charge in [0.15, 0.2) is 0 Å². The molecule has 1 aliphatic heterocycles. The summed E-state index contributed by atoms with van der Waals surface area (Å²) in [5.41, 5.74) is 1.88. The lowest BCUT2D eigenvalue weighted by molar-refractivity contribution is 0.0940. The van der Waals surface area contributed by atoms with Crippen molar-refractivity contribution in [3.05, 3.63) is 54.4 Å². The number of thioether (sulfide) groups is 1. The number of benzene rings is 1. The Hall–Kier alpha value is -2.09. The number of pyridine rings is 1. The maximum atomic E-state index is 12.2. The van der Waals surface area contributed by atoms with Gasteiger partial charge in [-0.3, -0.25) is 4.98 Å². The highest BCUT2D eigenvalue weighted by atomic mass is 32.2. The minimum atomic E-state index is -0.201. The summed E-state index contributed by atoms with van der Waals surface area (Å²) in [6.07, 6.45) is 2.78. The number of carbonyl (C=O) groups is 1. The van der Waals surface area contributed by atoms with Gasteiger partial charge in [-0.25, -0.2) is 4.79 Å². The number of aromatic nitrogens is 1. The minimum Gasteiger partial charge on any atom is -0.378 e. The Morgan fingerprint density at radius 3 is 2.78 bits per heavy atom. The molecule has 0 unspecified atom stereocenters. The summed E-state index contributed by atoms with van der Waals surface area (Å²) < 4.78 is 5.44. The van der Waals surface area contributed by atoms with Gasteiger partial charge in [0.2, 0.25) is 0 Å². The number of urea groups is 1. The lowest BCUT2D eigenvalue weighted by Gasteiger charge is -2.18. The molecule has 2 N–H and O–H groups in total. The van der Waals surface area contributed by atoms with E-state index in [-0.39, 0.29) is 18.2 Å². The third-order valence-electron chi connectivity index (χ3n) is 4.53. The van der Waals surface area contributed by atoms with Crippen LogP contribution in [-0.2, 0) is 11.2 Å². The molecule has 7 heteroatoms. The lowest BCUT2D eigenvalue weighted by atomic mass is 10.2. The Kier molecular flexibility index (Phi) is 7.09. The topological polar surface area (TPSA) is 66.5 Å². The smallest absolute Gasteiger partial charge is 0.319 e. The van der Waals surface area contributed by atoms with Crippen LogP contribution in [0.4, 0.5) is 10.5 Å². The van der Waals surface area contributed by atoms with E-state index in [1.54, 1.807) is 18.9 Å². The lowest BCUT2D eigenvalue weighted by Crippen LogP contribution is -2.45. The van der Waals surface area contributed by atoms with Gasteiger partial charge in [0.1, 0.15) is 0 Å². The number of amides is 2. The average molecular weight is 387 g/mol. The fourth-order valence-electron chi connectivity index (χ4n) is 3.13. The number of anilines is 1. The molecule has 144 valence electrons. The van der Waals surface area contributed by atoms with Gasteiger partial charge in [0.05, 0.1) is 12.1 Å². The zero-order valence-electron chi connectivity index (χ0n) is 15.7. The van der Waals surface area contributed by atoms with E-state index in [9.17, 15) is 4.79 Å². The van der Waals surface area contributed by atoms with Gasteiger partial charge in [-0.2, -0.15) is 0 Å². The molecule has 2 atom stereocenters. The van der Waals surface area contributed by atoms with E-state index < -0.39 is 0 Å². The highest BCUT2D eigenvalue weighted by Crippen LogP contribution is 2.21. The van der Waals surface area contributed by atoms with Crippen LogP contribution in [0.2, 0.25) is 0 Å². The van der Waals surface area contributed by atoms with Crippen molar-refractivity contribution >= 4 is 23.5 Å². The fourth-order valence-corrected chi connectivity index (χ4v) is 4.00. The van der Waals surface area contributed by atoms with Crippen molar-refractivity contribution in [2.75, 3.05) is 38.3 Å². The molecule has 0 radical (unpaired) electrons. The largest absolute Gasteiger partial charge is 0.378 e. The fraction of sp³-hybridized carbons (Fsp3) is 0.400. The van der Waals surface area contributed by atoms with Crippen molar-refractivity contribution in [2.24, 2.45) is 0 Å². The van der Waals surface area contributed by atoms with Crippen LogP contribution in [0.1, 0.15) is 5.69 Å². The number of ether oxygens (including phenoxy) is 1. The van der Waals surface area contributed by atoms with E-state index in [2.05, 4.69) is 20.5 Å². The summed E-state index contributed by atoms with van der Waals surface area (Å²) in [7, 11) is 3.70. The Morgan fingerprint density at radius 1 is 1.26 bits per heavy atom. The standard InChI is InChI=1S/C20H26N4O2S/c1-24-13-18(19(14-24)26-2)23-20(25)22-16-6-8-17(9-7-16)27-12-10-15-5-3-4-11-21-15/h3-9,11,18-19H,10,12-14H2,1-2H3,(H2,22,23,25)/t18-,19-/m1/s1. The monoisotopic (exact) mass is 386 g/mol. The highest BCUT2D eigenvalue weighted by molar-refractivity contribution is 7.99. The Morgan fingerprint density at radius 2 is 2.07 bits per heavy atom. The quantitative estimate of drug-likeness (QED) is 0.717. The number of carbonyl (C=O) groups excluding carboxylic acids is 1. The van der Waals surface area contributed by atoms with Crippen LogP contribution in [0.15, 0.2) is 53.6 Å². The second-order valence-electron chi connectivity index (χ2n) is 6.64. The number of likely N-dealkylation sites (N-methyl/N-ethyl adjacent to an activating group) is 1. The second-order valence-corrected chi connectivity index (χ2v) is 7.81. The molecule has 0 saturated carbocycles. The van der Waals surface area contributed by atoms with Crippen molar-refractivity contribution in [3.63, 3.8) is 0 Å². The first kappa shape index (κ1) is 19.7.